The van der Waals surface area contributed by atoms with Crippen molar-refractivity contribution in [2.75, 3.05) is 5.33 Å². The Bertz CT molecular complexity index is 131. The molecule has 0 saturated heterocycles. The zero-order valence-electron chi connectivity index (χ0n) is 8.76. The highest BCUT2D eigenvalue weighted by molar-refractivity contribution is 9.09. The van der Waals surface area contributed by atoms with Gasteiger partial charge in [0.2, 0.25) is 0 Å². The smallest absolute Gasteiger partial charge is 0.0849 e. The monoisotopic (exact) mass is 252 g/mol. The molecule has 80 valence electrons. The van der Waals surface area contributed by atoms with Gasteiger partial charge in [0, 0.05) is 5.33 Å². The van der Waals surface area contributed by atoms with Crippen molar-refractivity contribution >= 4 is 15.9 Å². The maximum Gasteiger partial charge on any atom is 0.0849 e. The van der Waals surface area contributed by atoms with Crippen molar-refractivity contribution in [2.24, 2.45) is 5.92 Å². The fraction of sp³-hybridized carbons (Fsp3) is 1.00. The van der Waals surface area contributed by atoms with E-state index < -0.39 is 11.7 Å². The largest absolute Gasteiger partial charge is 0.390 e. The Kier molecular flexibility index (Phi) is 6.18. The molecule has 3 heteroatoms. The van der Waals surface area contributed by atoms with Gasteiger partial charge in [-0.2, -0.15) is 0 Å². The molecular formula is C10H21BrO2. The fourth-order valence-electron chi connectivity index (χ4n) is 1.13. The van der Waals surface area contributed by atoms with Gasteiger partial charge in [-0.3, -0.25) is 0 Å². The molecule has 2 unspecified atom stereocenters. The second kappa shape index (κ2) is 5.99. The number of halogens is 1. The third kappa shape index (κ3) is 6.47. The Morgan fingerprint density at radius 3 is 2.15 bits per heavy atom. The van der Waals surface area contributed by atoms with Gasteiger partial charge in [0.1, 0.15) is 0 Å². The average molecular weight is 253 g/mol. The summed E-state index contributed by atoms with van der Waals surface area (Å²) >= 11 is 3.38. The van der Waals surface area contributed by atoms with Crippen molar-refractivity contribution in [1.82, 2.24) is 0 Å². The van der Waals surface area contributed by atoms with Gasteiger partial charge in [0.15, 0.2) is 0 Å². The van der Waals surface area contributed by atoms with E-state index in [9.17, 15) is 10.2 Å². The van der Waals surface area contributed by atoms with E-state index in [4.69, 9.17) is 0 Å². The Labute approximate surface area is 89.5 Å². The van der Waals surface area contributed by atoms with Crippen molar-refractivity contribution in [3.63, 3.8) is 0 Å². The first-order chi connectivity index (χ1) is 5.88. The predicted octanol–water partition coefficient (Wildman–Crippen LogP) is 2.32. The van der Waals surface area contributed by atoms with Crippen LogP contribution in [0.5, 0.6) is 0 Å². The SMILES string of the molecule is CC(CCBr)CCC(O)C(C)(C)O. The van der Waals surface area contributed by atoms with Crippen LogP contribution in [0.15, 0.2) is 0 Å². The van der Waals surface area contributed by atoms with Gasteiger partial charge in [-0.25, -0.2) is 0 Å². The quantitative estimate of drug-likeness (QED) is 0.713. The summed E-state index contributed by atoms with van der Waals surface area (Å²) in [6.45, 7) is 5.46. The molecule has 0 aromatic rings. The molecule has 0 heterocycles. The molecule has 0 amide bonds. The van der Waals surface area contributed by atoms with Crippen LogP contribution in [-0.4, -0.2) is 27.2 Å². The second-order valence-corrected chi connectivity index (χ2v) is 5.12. The van der Waals surface area contributed by atoms with Crippen molar-refractivity contribution < 1.29 is 10.2 Å². The first kappa shape index (κ1) is 13.4. The molecule has 0 aliphatic rings. The Morgan fingerprint density at radius 1 is 1.23 bits per heavy atom. The summed E-state index contributed by atoms with van der Waals surface area (Å²) in [4.78, 5) is 0. The van der Waals surface area contributed by atoms with Crippen LogP contribution in [0.25, 0.3) is 0 Å². The third-order valence-electron chi connectivity index (χ3n) is 2.35. The van der Waals surface area contributed by atoms with Gasteiger partial charge < -0.3 is 10.2 Å². The van der Waals surface area contributed by atoms with Crippen LogP contribution in [0.4, 0.5) is 0 Å². The Balaban J connectivity index is 3.63. The van der Waals surface area contributed by atoms with E-state index in [1.165, 1.54) is 0 Å². The number of rotatable bonds is 6. The fourth-order valence-corrected chi connectivity index (χ4v) is 1.91. The van der Waals surface area contributed by atoms with Gasteiger partial charge >= 0.3 is 0 Å². The lowest BCUT2D eigenvalue weighted by Crippen LogP contribution is -2.35. The molecule has 2 nitrogen and oxygen atoms in total. The number of hydrogen-bond donors (Lipinski definition) is 2. The first-order valence-electron chi connectivity index (χ1n) is 4.84. The molecule has 2 atom stereocenters. The van der Waals surface area contributed by atoms with E-state index in [2.05, 4.69) is 22.9 Å². The molecule has 0 radical (unpaired) electrons. The topological polar surface area (TPSA) is 40.5 Å². The number of hydrogen-bond acceptors (Lipinski definition) is 2. The van der Waals surface area contributed by atoms with Crippen LogP contribution in [-0.2, 0) is 0 Å². The molecular weight excluding hydrogens is 232 g/mol. The lowest BCUT2D eigenvalue weighted by Gasteiger charge is -2.25. The number of alkyl halides is 1. The second-order valence-electron chi connectivity index (χ2n) is 4.33. The molecule has 0 aliphatic heterocycles. The van der Waals surface area contributed by atoms with E-state index in [0.29, 0.717) is 12.3 Å². The summed E-state index contributed by atoms with van der Waals surface area (Å²) in [5, 5.41) is 20.0. The normalized spacial score (nSPS) is 17.1. The van der Waals surface area contributed by atoms with Crippen LogP contribution in [0.2, 0.25) is 0 Å². The predicted molar refractivity (Wildman–Crippen MR) is 59.1 cm³/mol. The highest BCUT2D eigenvalue weighted by Gasteiger charge is 2.24. The Hall–Kier alpha value is 0.400. The summed E-state index contributed by atoms with van der Waals surface area (Å²) in [7, 11) is 0. The minimum absolute atomic E-state index is 0.606. The summed E-state index contributed by atoms with van der Waals surface area (Å²) in [6, 6.07) is 0. The summed E-state index contributed by atoms with van der Waals surface area (Å²) in [5.74, 6) is 0.608. The van der Waals surface area contributed by atoms with E-state index in [0.717, 1.165) is 18.2 Å². The van der Waals surface area contributed by atoms with E-state index >= 15 is 0 Å². The van der Waals surface area contributed by atoms with Gasteiger partial charge in [-0.15, -0.1) is 0 Å². The minimum atomic E-state index is -0.964. The maximum atomic E-state index is 9.54. The lowest BCUT2D eigenvalue weighted by molar-refractivity contribution is -0.0534. The molecule has 0 aromatic heterocycles. The van der Waals surface area contributed by atoms with Crippen molar-refractivity contribution in [1.29, 1.82) is 0 Å². The molecule has 0 spiro atoms. The maximum absolute atomic E-state index is 9.54. The number of aliphatic hydroxyl groups excluding tert-OH is 1. The van der Waals surface area contributed by atoms with Crippen molar-refractivity contribution in [3.05, 3.63) is 0 Å². The summed E-state index contributed by atoms with van der Waals surface area (Å²) < 4.78 is 0. The molecule has 0 aliphatic carbocycles. The average Bonchev–Trinajstić information content (AvgIpc) is 1.99. The van der Waals surface area contributed by atoms with E-state index in [-0.39, 0.29) is 0 Å². The van der Waals surface area contributed by atoms with Gasteiger partial charge in [0.05, 0.1) is 11.7 Å². The van der Waals surface area contributed by atoms with Crippen LogP contribution >= 0.6 is 15.9 Å². The van der Waals surface area contributed by atoms with Crippen LogP contribution in [0.3, 0.4) is 0 Å². The van der Waals surface area contributed by atoms with Gasteiger partial charge in [-0.05, 0) is 39.0 Å². The molecule has 0 aromatic carbocycles. The van der Waals surface area contributed by atoms with Crippen LogP contribution in [0.1, 0.15) is 40.0 Å². The summed E-state index contributed by atoms with van der Waals surface area (Å²) in [5.41, 5.74) is -0.964. The highest BCUT2D eigenvalue weighted by Crippen LogP contribution is 2.18. The zero-order chi connectivity index (χ0) is 10.5. The van der Waals surface area contributed by atoms with E-state index in [1.54, 1.807) is 13.8 Å². The minimum Gasteiger partial charge on any atom is -0.390 e. The van der Waals surface area contributed by atoms with Crippen LogP contribution < -0.4 is 0 Å². The lowest BCUT2D eigenvalue weighted by atomic mass is 9.93. The third-order valence-corrected chi connectivity index (χ3v) is 2.81. The van der Waals surface area contributed by atoms with Crippen LogP contribution in [0, 0.1) is 5.92 Å². The molecule has 0 fully saturated rings. The van der Waals surface area contributed by atoms with E-state index in [1.807, 2.05) is 0 Å². The zero-order valence-corrected chi connectivity index (χ0v) is 10.3. The van der Waals surface area contributed by atoms with Crippen molar-refractivity contribution in [3.8, 4) is 0 Å². The highest BCUT2D eigenvalue weighted by atomic mass is 79.9. The molecule has 13 heavy (non-hydrogen) atoms. The van der Waals surface area contributed by atoms with Gasteiger partial charge in [-0.1, -0.05) is 22.9 Å². The molecule has 0 rings (SSSR count). The van der Waals surface area contributed by atoms with Gasteiger partial charge in [0.25, 0.3) is 0 Å². The standard InChI is InChI=1S/C10H21BrO2/c1-8(6-7-11)4-5-9(12)10(2,3)13/h8-9,12-13H,4-7H2,1-3H3. The first-order valence-corrected chi connectivity index (χ1v) is 5.96. The Morgan fingerprint density at radius 2 is 1.77 bits per heavy atom. The molecule has 2 N–H and O–H groups in total. The summed E-state index contributed by atoms with van der Waals surface area (Å²) in [6.07, 6.45) is 2.16. The number of aliphatic hydroxyl groups is 2. The molecule has 0 saturated carbocycles. The van der Waals surface area contributed by atoms with Crippen molar-refractivity contribution in [2.45, 2.75) is 51.7 Å². The molecule has 0 bridgehead atoms.